The zero-order chi connectivity index (χ0) is 19.1. The summed E-state index contributed by atoms with van der Waals surface area (Å²) in [4.78, 5) is 22.5. The molecule has 5 rings (SSSR count). The molecule has 1 saturated heterocycles. The van der Waals surface area contributed by atoms with Crippen molar-refractivity contribution in [2.24, 2.45) is 0 Å². The lowest BCUT2D eigenvalue weighted by Crippen LogP contribution is -2.47. The number of likely N-dealkylation sites (tertiary alicyclic amines) is 1. The van der Waals surface area contributed by atoms with E-state index in [0.29, 0.717) is 11.6 Å². The fourth-order valence-electron chi connectivity index (χ4n) is 5.07. The largest absolute Gasteiger partial charge is 0.503 e. The van der Waals surface area contributed by atoms with Gasteiger partial charge in [0.2, 0.25) is 0 Å². The highest BCUT2D eigenvalue weighted by Crippen LogP contribution is 2.34. The Labute approximate surface area is 165 Å². The smallest absolute Gasteiger partial charge is 0.290 e. The third-order valence-electron chi connectivity index (χ3n) is 6.97. The van der Waals surface area contributed by atoms with Gasteiger partial charge in [-0.3, -0.25) is 9.78 Å². The van der Waals surface area contributed by atoms with Crippen molar-refractivity contribution in [2.75, 3.05) is 18.4 Å². The third kappa shape index (κ3) is 3.28. The summed E-state index contributed by atoms with van der Waals surface area (Å²) in [5, 5.41) is 13.7. The second-order valence-electron chi connectivity index (χ2n) is 8.76. The zero-order valence-electron chi connectivity index (χ0n) is 16.5. The number of rotatable bonds is 3. The van der Waals surface area contributed by atoms with Crippen LogP contribution < -0.4 is 10.9 Å². The lowest BCUT2D eigenvalue weighted by Gasteiger charge is -2.42. The summed E-state index contributed by atoms with van der Waals surface area (Å²) >= 11 is 0. The summed E-state index contributed by atoms with van der Waals surface area (Å²) in [6.45, 7) is 2.32. The van der Waals surface area contributed by atoms with Crippen LogP contribution in [0.3, 0.4) is 0 Å². The Hall–Kier alpha value is -2.08. The summed E-state index contributed by atoms with van der Waals surface area (Å²) in [6.07, 6.45) is 11.9. The predicted molar refractivity (Wildman–Crippen MR) is 111 cm³/mol. The Balaban J connectivity index is 1.47. The molecule has 2 aromatic heterocycles. The molecule has 0 atom stereocenters. The van der Waals surface area contributed by atoms with Crippen molar-refractivity contribution < 1.29 is 5.11 Å². The van der Waals surface area contributed by atoms with Crippen LogP contribution in [0.15, 0.2) is 10.9 Å². The summed E-state index contributed by atoms with van der Waals surface area (Å²) in [7, 11) is 0. The number of fused-ring (bicyclic) bond motifs is 2. The average Bonchev–Trinajstić information content (AvgIpc) is 2.88. The molecule has 6 heteroatoms. The SMILES string of the molecule is O=c1[nH]c2c(NC3CCN(C4CCC4)CC3)c3c(nc2cc1O)CCCCC3. The fraction of sp³-hybridized carbons (Fsp3) is 0.636. The van der Waals surface area contributed by atoms with Crippen molar-refractivity contribution in [2.45, 2.75) is 76.3 Å². The van der Waals surface area contributed by atoms with E-state index in [2.05, 4.69) is 15.2 Å². The van der Waals surface area contributed by atoms with Crippen molar-refractivity contribution in [3.8, 4) is 5.75 Å². The first-order chi connectivity index (χ1) is 13.7. The molecule has 0 unspecified atom stereocenters. The highest BCUT2D eigenvalue weighted by Gasteiger charge is 2.29. The van der Waals surface area contributed by atoms with Gasteiger partial charge in [-0.05, 0) is 56.9 Å². The lowest BCUT2D eigenvalue weighted by atomic mass is 9.89. The molecule has 2 aromatic rings. The number of nitrogens with one attached hydrogen (secondary N) is 2. The molecule has 1 aliphatic heterocycles. The lowest BCUT2D eigenvalue weighted by molar-refractivity contribution is 0.101. The van der Waals surface area contributed by atoms with Gasteiger partial charge >= 0.3 is 0 Å². The fourth-order valence-corrected chi connectivity index (χ4v) is 5.07. The highest BCUT2D eigenvalue weighted by atomic mass is 16.3. The molecular formula is C22H30N4O2. The second kappa shape index (κ2) is 7.39. The van der Waals surface area contributed by atoms with E-state index in [4.69, 9.17) is 4.98 Å². The summed E-state index contributed by atoms with van der Waals surface area (Å²) in [6, 6.07) is 2.76. The summed E-state index contributed by atoms with van der Waals surface area (Å²) < 4.78 is 0. The van der Waals surface area contributed by atoms with Crippen molar-refractivity contribution >= 4 is 16.7 Å². The van der Waals surface area contributed by atoms with Gasteiger partial charge in [-0.25, -0.2) is 0 Å². The van der Waals surface area contributed by atoms with E-state index >= 15 is 0 Å². The quantitative estimate of drug-likeness (QED) is 0.710. The number of aromatic hydroxyl groups is 1. The first kappa shape index (κ1) is 18.0. The molecule has 0 amide bonds. The van der Waals surface area contributed by atoms with Gasteiger partial charge in [0.1, 0.15) is 0 Å². The Morgan fingerprint density at radius 3 is 2.61 bits per heavy atom. The number of pyridine rings is 2. The molecule has 3 aliphatic rings. The molecular weight excluding hydrogens is 352 g/mol. The van der Waals surface area contributed by atoms with Gasteiger partial charge < -0.3 is 20.3 Å². The minimum atomic E-state index is -0.439. The molecule has 6 nitrogen and oxygen atoms in total. The van der Waals surface area contributed by atoms with Crippen molar-refractivity contribution in [3.63, 3.8) is 0 Å². The minimum absolute atomic E-state index is 0.256. The second-order valence-corrected chi connectivity index (χ2v) is 8.76. The van der Waals surface area contributed by atoms with Gasteiger partial charge in [0, 0.05) is 36.9 Å². The van der Waals surface area contributed by atoms with E-state index in [1.807, 2.05) is 0 Å². The Morgan fingerprint density at radius 1 is 1.07 bits per heavy atom. The van der Waals surface area contributed by atoms with Gasteiger partial charge in [0.15, 0.2) is 5.75 Å². The molecule has 0 aromatic carbocycles. The van der Waals surface area contributed by atoms with Crippen LogP contribution in [0.2, 0.25) is 0 Å². The summed E-state index contributed by atoms with van der Waals surface area (Å²) in [5.41, 5.74) is 4.46. The normalized spacial score (nSPS) is 21.9. The van der Waals surface area contributed by atoms with Gasteiger partial charge in [-0.2, -0.15) is 0 Å². The average molecular weight is 383 g/mol. The molecule has 2 fully saturated rings. The Kier molecular flexibility index (Phi) is 4.75. The molecule has 0 radical (unpaired) electrons. The van der Waals surface area contributed by atoms with Crippen LogP contribution >= 0.6 is 0 Å². The monoisotopic (exact) mass is 382 g/mol. The standard InChI is InChI=1S/C22H30N4O2/c27-19-13-18-21(25-22(19)28)20(16-7-2-1-3-8-17(16)24-18)23-14-9-11-26(12-10-14)15-5-4-6-15/h13-15,27H,1-12H2,(H,23,24)(H,25,28). The van der Waals surface area contributed by atoms with E-state index in [9.17, 15) is 9.90 Å². The number of anilines is 1. The minimum Gasteiger partial charge on any atom is -0.503 e. The van der Waals surface area contributed by atoms with Gasteiger partial charge in [0.05, 0.1) is 16.7 Å². The van der Waals surface area contributed by atoms with E-state index in [-0.39, 0.29) is 5.75 Å². The number of H-pyrrole nitrogens is 1. The van der Waals surface area contributed by atoms with Gasteiger partial charge in [0.25, 0.3) is 5.56 Å². The maximum absolute atomic E-state index is 12.1. The molecule has 0 spiro atoms. The number of hydrogen-bond acceptors (Lipinski definition) is 5. The van der Waals surface area contributed by atoms with Crippen LogP contribution in [0.25, 0.3) is 11.0 Å². The van der Waals surface area contributed by atoms with E-state index in [1.165, 1.54) is 37.3 Å². The molecule has 0 bridgehead atoms. The number of hydrogen-bond donors (Lipinski definition) is 3. The van der Waals surface area contributed by atoms with Crippen LogP contribution in [0.4, 0.5) is 5.69 Å². The number of aryl methyl sites for hydroxylation is 1. The van der Waals surface area contributed by atoms with Gasteiger partial charge in [-0.1, -0.05) is 12.8 Å². The molecule has 150 valence electrons. The van der Waals surface area contributed by atoms with Crippen molar-refractivity contribution in [3.05, 3.63) is 27.7 Å². The first-order valence-electron chi connectivity index (χ1n) is 11.0. The number of piperidine rings is 1. The molecule has 3 heterocycles. The van der Waals surface area contributed by atoms with Crippen LogP contribution in [0, 0.1) is 0 Å². The molecule has 3 N–H and O–H groups in total. The maximum Gasteiger partial charge on any atom is 0.290 e. The molecule has 2 aliphatic carbocycles. The molecule has 1 saturated carbocycles. The Morgan fingerprint density at radius 2 is 1.86 bits per heavy atom. The van der Waals surface area contributed by atoms with E-state index in [0.717, 1.165) is 74.6 Å². The van der Waals surface area contributed by atoms with E-state index in [1.54, 1.807) is 0 Å². The predicted octanol–water partition coefficient (Wildman–Crippen LogP) is 3.33. The topological polar surface area (TPSA) is 81.2 Å². The van der Waals surface area contributed by atoms with Crippen LogP contribution in [-0.4, -0.2) is 45.1 Å². The zero-order valence-corrected chi connectivity index (χ0v) is 16.5. The summed E-state index contributed by atoms with van der Waals surface area (Å²) in [5.74, 6) is -0.256. The Bertz CT molecular complexity index is 926. The number of aromatic amines is 1. The maximum atomic E-state index is 12.1. The number of nitrogens with zero attached hydrogens (tertiary/aromatic N) is 2. The van der Waals surface area contributed by atoms with Crippen LogP contribution in [-0.2, 0) is 12.8 Å². The third-order valence-corrected chi connectivity index (χ3v) is 6.97. The van der Waals surface area contributed by atoms with Crippen LogP contribution in [0.5, 0.6) is 5.75 Å². The highest BCUT2D eigenvalue weighted by molar-refractivity contribution is 5.90. The number of aromatic nitrogens is 2. The van der Waals surface area contributed by atoms with Crippen molar-refractivity contribution in [1.82, 2.24) is 14.9 Å². The van der Waals surface area contributed by atoms with E-state index < -0.39 is 5.56 Å². The van der Waals surface area contributed by atoms with Crippen molar-refractivity contribution in [1.29, 1.82) is 0 Å². The first-order valence-corrected chi connectivity index (χ1v) is 11.0. The van der Waals surface area contributed by atoms with Gasteiger partial charge in [-0.15, -0.1) is 0 Å². The molecule has 28 heavy (non-hydrogen) atoms. The van der Waals surface area contributed by atoms with Crippen LogP contribution in [0.1, 0.15) is 62.6 Å².